The minimum absolute atomic E-state index is 0.140. The molecule has 0 amide bonds. The lowest BCUT2D eigenvalue weighted by atomic mass is 9.76. The largest absolute Gasteiger partial charge is 0.380 e. The molecule has 6 rings (SSSR count). The SMILES string of the molecule is CCCCCC(O)(c1ccc(C2CCC(NC(N)(N)C(N)(N)C(N)(N)C(N)(N)C(N)N)CC2)cc1)c1ccc2cccc(-c3cccc4ccc(C)cc34)c2c1. The van der Waals surface area contributed by atoms with Crippen LogP contribution in [0.1, 0.15) is 86.5 Å². The number of benzene rings is 5. The van der Waals surface area contributed by atoms with Crippen LogP contribution in [0.15, 0.2) is 97.1 Å². The van der Waals surface area contributed by atoms with Crippen molar-refractivity contribution < 1.29 is 5.11 Å². The number of aliphatic hydroxyl groups is 1. The van der Waals surface area contributed by atoms with Gasteiger partial charge in [-0.05, 0) is 107 Å². The zero-order chi connectivity index (χ0) is 40.7. The maximum absolute atomic E-state index is 12.8. The van der Waals surface area contributed by atoms with Crippen molar-refractivity contribution in [1.29, 1.82) is 0 Å². The van der Waals surface area contributed by atoms with Crippen LogP contribution in [0.2, 0.25) is 0 Å². The Morgan fingerprint density at radius 1 is 0.661 bits per heavy atom. The number of nitrogens with two attached hydrogens (primary N) is 10. The third kappa shape index (κ3) is 7.61. The van der Waals surface area contributed by atoms with Gasteiger partial charge in [-0.3, -0.25) is 16.8 Å². The number of hydrogen-bond acceptors (Lipinski definition) is 12. The van der Waals surface area contributed by atoms with Gasteiger partial charge in [-0.1, -0.05) is 116 Å². The van der Waals surface area contributed by atoms with E-state index in [-0.39, 0.29) is 12.0 Å². The molecule has 1 unspecified atom stereocenters. The number of unbranched alkanes of at least 4 members (excludes halogenated alkanes) is 2. The molecule has 5 aromatic rings. The monoisotopic (exact) mass is 762 g/mol. The van der Waals surface area contributed by atoms with Gasteiger partial charge in [-0.15, -0.1) is 0 Å². The smallest absolute Gasteiger partial charge is 0.154 e. The van der Waals surface area contributed by atoms with Crippen molar-refractivity contribution in [2.24, 2.45) is 57.3 Å². The van der Waals surface area contributed by atoms with Crippen molar-refractivity contribution in [3.05, 3.63) is 119 Å². The lowest BCUT2D eigenvalue weighted by Gasteiger charge is -2.56. The van der Waals surface area contributed by atoms with E-state index < -0.39 is 34.5 Å². The molecular weight excluding hydrogens is 699 g/mol. The fourth-order valence-corrected chi connectivity index (χ4v) is 8.51. The van der Waals surface area contributed by atoms with E-state index in [0.717, 1.165) is 72.4 Å². The zero-order valence-corrected chi connectivity index (χ0v) is 32.8. The van der Waals surface area contributed by atoms with Crippen LogP contribution in [0.3, 0.4) is 0 Å². The van der Waals surface area contributed by atoms with Gasteiger partial charge in [-0.25, -0.2) is 0 Å². The van der Waals surface area contributed by atoms with Gasteiger partial charge in [0.15, 0.2) is 5.79 Å². The predicted octanol–water partition coefficient (Wildman–Crippen LogP) is 3.06. The molecule has 0 saturated heterocycles. The van der Waals surface area contributed by atoms with E-state index in [1.165, 1.54) is 27.5 Å². The Hall–Kier alpha value is -3.86. The average molecular weight is 762 g/mol. The number of hydrogen-bond donors (Lipinski definition) is 12. The zero-order valence-electron chi connectivity index (χ0n) is 32.8. The van der Waals surface area contributed by atoms with Crippen molar-refractivity contribution in [2.75, 3.05) is 0 Å². The summed E-state index contributed by atoms with van der Waals surface area (Å²) < 4.78 is 0. The van der Waals surface area contributed by atoms with Crippen LogP contribution in [-0.4, -0.2) is 40.1 Å². The van der Waals surface area contributed by atoms with Crippen LogP contribution in [0.25, 0.3) is 32.7 Å². The molecule has 1 aliphatic carbocycles. The van der Waals surface area contributed by atoms with Gasteiger partial charge >= 0.3 is 0 Å². The summed E-state index contributed by atoms with van der Waals surface area (Å²) in [7, 11) is 0. The summed E-state index contributed by atoms with van der Waals surface area (Å²) in [5.74, 6) is -1.69. The van der Waals surface area contributed by atoms with E-state index in [9.17, 15) is 5.11 Å². The fourth-order valence-electron chi connectivity index (χ4n) is 8.51. The molecule has 56 heavy (non-hydrogen) atoms. The standard InChI is InChI=1S/C44H63N11O/c1-3-4-5-24-40(56,33-21-16-31-9-7-11-36(38(31)26-33)35-10-6-8-30-13-12-27(2)25-37(30)35)32-19-14-28(15-20-32)29-17-22-34(23-18-29)55-44(53,54)43(51,52)42(49,50)41(47,48)39(45)46/h6-16,19-21,25-26,29,34,39,55-56H,3-5,17-18,22-24,45-54H2,1-2H3. The second-order valence-electron chi connectivity index (χ2n) is 16.5. The number of nitrogens with one attached hydrogen (secondary N) is 1. The molecule has 0 aliphatic heterocycles. The van der Waals surface area contributed by atoms with Crippen LogP contribution >= 0.6 is 0 Å². The Morgan fingerprint density at radius 3 is 1.79 bits per heavy atom. The van der Waals surface area contributed by atoms with Crippen molar-refractivity contribution >= 4 is 21.5 Å². The lowest BCUT2D eigenvalue weighted by Crippen LogP contribution is -3.01. The van der Waals surface area contributed by atoms with E-state index in [4.69, 9.17) is 57.3 Å². The molecule has 0 radical (unpaired) electrons. The summed E-state index contributed by atoms with van der Waals surface area (Å²) in [6.45, 7) is 4.31. The fraction of sp³-hybridized carbons (Fsp3) is 0.409. The first-order valence-corrected chi connectivity index (χ1v) is 19.8. The molecule has 300 valence electrons. The predicted molar refractivity (Wildman–Crippen MR) is 230 cm³/mol. The van der Waals surface area contributed by atoms with Gasteiger partial charge in [0, 0.05) is 6.04 Å². The quantitative estimate of drug-likeness (QED) is 0.0574. The van der Waals surface area contributed by atoms with Crippen molar-refractivity contribution in [3.8, 4) is 11.1 Å². The molecule has 1 aliphatic rings. The van der Waals surface area contributed by atoms with Gasteiger partial charge in [-0.2, -0.15) is 0 Å². The van der Waals surface area contributed by atoms with Gasteiger partial charge in [0.2, 0.25) is 0 Å². The summed E-state index contributed by atoms with van der Waals surface area (Å²) in [5, 5.41) is 20.6. The Balaban J connectivity index is 1.23. The molecule has 1 atom stereocenters. The second kappa shape index (κ2) is 15.8. The number of aryl methyl sites for hydroxylation is 1. The first-order valence-electron chi connectivity index (χ1n) is 19.8. The maximum atomic E-state index is 12.8. The molecule has 5 aromatic carbocycles. The molecule has 0 heterocycles. The summed E-state index contributed by atoms with van der Waals surface area (Å²) in [6.07, 6.45) is 5.39. The Bertz CT molecular complexity index is 2140. The van der Waals surface area contributed by atoms with Crippen LogP contribution in [0, 0.1) is 6.92 Å². The summed E-state index contributed by atoms with van der Waals surface area (Å²) in [6, 6.07) is 34.3. The maximum Gasteiger partial charge on any atom is 0.154 e. The van der Waals surface area contributed by atoms with Crippen molar-refractivity contribution in [2.45, 2.75) is 112 Å². The summed E-state index contributed by atoms with van der Waals surface area (Å²) in [4.78, 5) is 0. The van der Waals surface area contributed by atoms with E-state index in [2.05, 4.69) is 116 Å². The summed E-state index contributed by atoms with van der Waals surface area (Å²) in [5.41, 5.74) is 60.5. The minimum Gasteiger partial charge on any atom is -0.380 e. The Kier molecular flexibility index (Phi) is 11.8. The van der Waals surface area contributed by atoms with Gasteiger partial charge in [0.25, 0.3) is 0 Å². The highest BCUT2D eigenvalue weighted by molar-refractivity contribution is 6.05. The molecule has 1 saturated carbocycles. The van der Waals surface area contributed by atoms with Gasteiger partial charge in [0.05, 0.1) is 6.17 Å². The topological polar surface area (TPSA) is 292 Å². The van der Waals surface area contributed by atoms with Crippen LogP contribution in [0.5, 0.6) is 0 Å². The lowest BCUT2D eigenvalue weighted by molar-refractivity contribution is 0.0205. The van der Waals surface area contributed by atoms with Crippen LogP contribution in [-0.2, 0) is 5.60 Å². The average Bonchev–Trinajstić information content (AvgIpc) is 3.17. The molecule has 22 N–H and O–H groups in total. The third-order valence-corrected chi connectivity index (χ3v) is 12.5. The number of fused-ring (bicyclic) bond motifs is 2. The van der Waals surface area contributed by atoms with E-state index in [1.54, 1.807) is 0 Å². The molecule has 0 spiro atoms. The second-order valence-corrected chi connectivity index (χ2v) is 16.5. The summed E-state index contributed by atoms with van der Waals surface area (Å²) >= 11 is 0. The minimum atomic E-state index is -2.26. The van der Waals surface area contributed by atoms with Crippen molar-refractivity contribution in [1.82, 2.24) is 5.32 Å². The highest BCUT2D eigenvalue weighted by Crippen LogP contribution is 2.41. The first kappa shape index (κ1) is 41.8. The van der Waals surface area contributed by atoms with Crippen LogP contribution < -0.4 is 62.7 Å². The van der Waals surface area contributed by atoms with Crippen molar-refractivity contribution in [3.63, 3.8) is 0 Å². The van der Waals surface area contributed by atoms with Gasteiger partial charge < -0.3 is 51.0 Å². The number of rotatable bonds is 14. The molecule has 0 aromatic heterocycles. The third-order valence-electron chi connectivity index (χ3n) is 12.5. The molecule has 12 nitrogen and oxygen atoms in total. The van der Waals surface area contributed by atoms with Gasteiger partial charge in [0.1, 0.15) is 22.6 Å². The highest BCUT2D eigenvalue weighted by Gasteiger charge is 2.62. The Labute approximate surface area is 330 Å². The molecule has 0 bridgehead atoms. The molecule has 12 heteroatoms. The highest BCUT2D eigenvalue weighted by atomic mass is 16.3. The van der Waals surface area contributed by atoms with E-state index >= 15 is 0 Å². The molecular formula is C44H63N11O. The molecule has 1 fully saturated rings. The van der Waals surface area contributed by atoms with E-state index in [1.807, 2.05) is 0 Å². The normalized spacial score (nSPS) is 18.5. The first-order chi connectivity index (χ1) is 26.3. The Morgan fingerprint density at radius 2 is 1.21 bits per heavy atom. The van der Waals surface area contributed by atoms with Crippen LogP contribution in [0.4, 0.5) is 0 Å². The van der Waals surface area contributed by atoms with E-state index in [0.29, 0.717) is 6.42 Å².